The van der Waals surface area contributed by atoms with Crippen molar-refractivity contribution in [3.05, 3.63) is 76.7 Å². The summed E-state index contributed by atoms with van der Waals surface area (Å²) in [4.78, 5) is 17.6. The van der Waals surface area contributed by atoms with E-state index in [0.29, 0.717) is 27.9 Å². The molecule has 0 aliphatic rings. The lowest BCUT2D eigenvalue weighted by Gasteiger charge is -2.14. The minimum atomic E-state index is -0.422. The van der Waals surface area contributed by atoms with Crippen LogP contribution in [0, 0.1) is 19.7 Å². The van der Waals surface area contributed by atoms with Crippen LogP contribution in [0.2, 0.25) is 0 Å². The number of hydrogen-bond acceptors (Lipinski definition) is 4. The van der Waals surface area contributed by atoms with Gasteiger partial charge in [0.15, 0.2) is 0 Å². The van der Waals surface area contributed by atoms with Crippen LogP contribution in [0.15, 0.2) is 53.1 Å². The fourth-order valence-electron chi connectivity index (χ4n) is 3.46. The molecule has 4 rings (SSSR count). The zero-order valence-corrected chi connectivity index (χ0v) is 16.4. The van der Waals surface area contributed by atoms with Crippen LogP contribution in [-0.4, -0.2) is 16.0 Å². The summed E-state index contributed by atoms with van der Waals surface area (Å²) in [5, 5.41) is 7.48. The predicted octanol–water partition coefficient (Wildman–Crippen LogP) is 5.46. The molecular weight excluding hydrogens is 369 g/mol. The molecule has 0 spiro atoms. The third-order valence-corrected chi connectivity index (χ3v) is 4.99. The van der Waals surface area contributed by atoms with E-state index in [2.05, 4.69) is 15.5 Å². The number of carbonyl (C=O) groups excluding carboxylic acids is 1. The van der Waals surface area contributed by atoms with Gasteiger partial charge in [-0.2, -0.15) is 0 Å². The molecule has 2 heterocycles. The number of pyridine rings is 1. The maximum Gasteiger partial charge on any atom is 0.259 e. The van der Waals surface area contributed by atoms with Crippen LogP contribution in [0.3, 0.4) is 0 Å². The monoisotopic (exact) mass is 389 g/mol. The highest BCUT2D eigenvalue weighted by molar-refractivity contribution is 6.13. The Morgan fingerprint density at radius 2 is 1.93 bits per heavy atom. The van der Waals surface area contributed by atoms with Gasteiger partial charge in [-0.25, -0.2) is 9.37 Å². The molecule has 146 valence electrons. The molecule has 0 saturated heterocycles. The van der Waals surface area contributed by atoms with Gasteiger partial charge >= 0.3 is 0 Å². The van der Waals surface area contributed by atoms with Gasteiger partial charge in [-0.3, -0.25) is 4.79 Å². The van der Waals surface area contributed by atoms with E-state index in [9.17, 15) is 9.18 Å². The zero-order chi connectivity index (χ0) is 20.5. The van der Waals surface area contributed by atoms with Crippen molar-refractivity contribution < 1.29 is 13.7 Å². The number of hydrogen-bond donors (Lipinski definition) is 1. The third-order valence-electron chi connectivity index (χ3n) is 4.99. The summed E-state index contributed by atoms with van der Waals surface area (Å²) in [6.07, 6.45) is 0.788. The van der Waals surface area contributed by atoms with Gasteiger partial charge in [0.1, 0.15) is 5.82 Å². The number of amides is 1. The first-order valence-corrected chi connectivity index (χ1v) is 9.41. The minimum absolute atomic E-state index is 0.203. The number of benzene rings is 2. The Kier molecular flexibility index (Phi) is 4.84. The largest absolute Gasteiger partial charge is 0.335 e. The average Bonchev–Trinajstić information content (AvgIpc) is 3.10. The van der Waals surface area contributed by atoms with Gasteiger partial charge in [0.25, 0.3) is 11.6 Å². The molecule has 2 aromatic heterocycles. The summed E-state index contributed by atoms with van der Waals surface area (Å²) in [6.45, 7) is 5.74. The molecule has 0 atom stereocenters. The van der Waals surface area contributed by atoms with Crippen molar-refractivity contribution in [3.63, 3.8) is 0 Å². The van der Waals surface area contributed by atoms with Crippen LogP contribution in [0.1, 0.15) is 34.1 Å². The highest BCUT2D eigenvalue weighted by Crippen LogP contribution is 2.30. The molecule has 0 aliphatic heterocycles. The molecule has 0 saturated carbocycles. The fraction of sp³-hybridized carbons (Fsp3) is 0.174. The predicted molar refractivity (Wildman–Crippen MR) is 110 cm³/mol. The lowest BCUT2D eigenvalue weighted by molar-refractivity contribution is 0.102. The van der Waals surface area contributed by atoms with Gasteiger partial charge in [-0.05, 0) is 49.6 Å². The number of carbonyl (C=O) groups is 1. The van der Waals surface area contributed by atoms with Crippen molar-refractivity contribution >= 4 is 22.7 Å². The molecule has 29 heavy (non-hydrogen) atoms. The van der Waals surface area contributed by atoms with Gasteiger partial charge in [0, 0.05) is 11.3 Å². The van der Waals surface area contributed by atoms with E-state index >= 15 is 0 Å². The van der Waals surface area contributed by atoms with Crippen molar-refractivity contribution in [1.29, 1.82) is 0 Å². The fourth-order valence-corrected chi connectivity index (χ4v) is 3.46. The number of anilines is 1. The Bertz CT molecular complexity index is 1230. The number of fused-ring (bicyclic) bond motifs is 1. The highest BCUT2D eigenvalue weighted by Gasteiger charge is 2.21. The highest BCUT2D eigenvalue weighted by atomic mass is 19.1. The van der Waals surface area contributed by atoms with Crippen molar-refractivity contribution in [2.24, 2.45) is 0 Å². The Morgan fingerprint density at radius 1 is 1.14 bits per heavy atom. The summed E-state index contributed by atoms with van der Waals surface area (Å²) >= 11 is 0. The van der Waals surface area contributed by atoms with Gasteiger partial charge < -0.3 is 9.84 Å². The van der Waals surface area contributed by atoms with E-state index in [-0.39, 0.29) is 11.6 Å². The molecule has 0 bridgehead atoms. The van der Waals surface area contributed by atoms with Crippen LogP contribution in [-0.2, 0) is 6.42 Å². The summed E-state index contributed by atoms with van der Waals surface area (Å²) < 4.78 is 19.6. The lowest BCUT2D eigenvalue weighted by atomic mass is 10.0. The van der Waals surface area contributed by atoms with Gasteiger partial charge in [0.05, 0.1) is 22.3 Å². The molecule has 0 radical (unpaired) electrons. The summed E-state index contributed by atoms with van der Waals surface area (Å²) in [7, 11) is 0. The summed E-state index contributed by atoms with van der Waals surface area (Å²) in [5.41, 5.74) is 4.51. The van der Waals surface area contributed by atoms with E-state index in [0.717, 1.165) is 23.2 Å². The standard InChI is InChI=1S/C23H20FN3O2/c1-4-15-9-7-8-13(2)21(15)26-22(28)17-12-19(16-10-5-6-11-18(16)24)25-23-20(17)14(3)27-29-23/h5-12H,4H2,1-3H3,(H,26,28). The number of rotatable bonds is 4. The molecule has 4 aromatic rings. The van der Waals surface area contributed by atoms with Crippen LogP contribution in [0.4, 0.5) is 10.1 Å². The second-order valence-corrected chi connectivity index (χ2v) is 6.90. The molecular formula is C23H20FN3O2. The molecule has 0 fully saturated rings. The lowest BCUT2D eigenvalue weighted by Crippen LogP contribution is -2.15. The maximum atomic E-state index is 14.3. The number of aromatic nitrogens is 2. The second-order valence-electron chi connectivity index (χ2n) is 6.90. The number of halogens is 1. The van der Waals surface area contributed by atoms with Crippen LogP contribution in [0.5, 0.6) is 0 Å². The molecule has 2 aromatic carbocycles. The van der Waals surface area contributed by atoms with Crippen molar-refractivity contribution in [1.82, 2.24) is 10.1 Å². The molecule has 0 unspecified atom stereocenters. The average molecular weight is 389 g/mol. The van der Waals surface area contributed by atoms with E-state index in [1.54, 1.807) is 31.2 Å². The number of nitrogens with one attached hydrogen (secondary N) is 1. The van der Waals surface area contributed by atoms with E-state index < -0.39 is 5.82 Å². The van der Waals surface area contributed by atoms with Crippen molar-refractivity contribution in [2.45, 2.75) is 27.2 Å². The first-order chi connectivity index (χ1) is 14.0. The second kappa shape index (κ2) is 7.47. The zero-order valence-electron chi connectivity index (χ0n) is 16.4. The molecule has 0 aliphatic carbocycles. The maximum absolute atomic E-state index is 14.3. The van der Waals surface area contributed by atoms with Crippen LogP contribution >= 0.6 is 0 Å². The summed E-state index contributed by atoms with van der Waals surface area (Å²) in [6, 6.07) is 13.8. The van der Waals surface area contributed by atoms with Gasteiger partial charge in [-0.15, -0.1) is 0 Å². The molecule has 6 heteroatoms. The number of aryl methyl sites for hydroxylation is 3. The third kappa shape index (κ3) is 3.38. The topological polar surface area (TPSA) is 68.0 Å². The normalized spacial score (nSPS) is 11.0. The number of para-hydroxylation sites is 1. The first kappa shape index (κ1) is 18.8. The Labute approximate surface area is 167 Å². The van der Waals surface area contributed by atoms with Gasteiger partial charge in [-0.1, -0.05) is 42.4 Å². The van der Waals surface area contributed by atoms with E-state index in [1.807, 2.05) is 32.0 Å². The van der Waals surface area contributed by atoms with E-state index in [1.165, 1.54) is 6.07 Å². The van der Waals surface area contributed by atoms with E-state index in [4.69, 9.17) is 4.52 Å². The van der Waals surface area contributed by atoms with Crippen LogP contribution in [0.25, 0.3) is 22.4 Å². The summed E-state index contributed by atoms with van der Waals surface area (Å²) in [5.74, 6) is -0.737. The number of nitrogens with zero attached hydrogens (tertiary/aromatic N) is 2. The SMILES string of the molecule is CCc1cccc(C)c1NC(=O)c1cc(-c2ccccc2F)nc2onc(C)c12. The quantitative estimate of drug-likeness (QED) is 0.503. The molecule has 1 N–H and O–H groups in total. The Balaban J connectivity index is 1.86. The van der Waals surface area contributed by atoms with Crippen molar-refractivity contribution in [2.75, 3.05) is 5.32 Å². The van der Waals surface area contributed by atoms with Gasteiger partial charge in [0.2, 0.25) is 0 Å². The molecule has 1 amide bonds. The van der Waals surface area contributed by atoms with Crippen molar-refractivity contribution in [3.8, 4) is 11.3 Å². The molecule has 5 nitrogen and oxygen atoms in total. The Morgan fingerprint density at radius 3 is 2.69 bits per heavy atom. The minimum Gasteiger partial charge on any atom is -0.335 e. The Hall–Kier alpha value is -3.54. The smallest absolute Gasteiger partial charge is 0.259 e. The first-order valence-electron chi connectivity index (χ1n) is 9.41. The van der Waals surface area contributed by atoms with Crippen LogP contribution < -0.4 is 5.32 Å².